The van der Waals surface area contributed by atoms with Crippen LogP contribution in [0.3, 0.4) is 0 Å². The topological polar surface area (TPSA) is 101 Å². The predicted molar refractivity (Wildman–Crippen MR) is 140 cm³/mol. The molecule has 2 aromatic carbocycles. The predicted octanol–water partition coefficient (Wildman–Crippen LogP) is 5.91. The number of carbonyl (C=O) groups is 2. The maximum absolute atomic E-state index is 12.8. The maximum Gasteiger partial charge on any atom is 0.256 e. The average molecular weight is 532 g/mol. The van der Waals surface area contributed by atoms with Gasteiger partial charge in [-0.15, -0.1) is 0 Å². The number of nitrogens with one attached hydrogen (secondary N) is 3. The molecule has 0 bridgehead atoms. The Labute approximate surface area is 216 Å². The Bertz CT molecular complexity index is 1390. The van der Waals surface area contributed by atoms with Crippen molar-refractivity contribution in [3.05, 3.63) is 75.4 Å². The Balaban J connectivity index is 1.66. The lowest BCUT2D eigenvalue weighted by Crippen LogP contribution is -2.22. The van der Waals surface area contributed by atoms with Crippen molar-refractivity contribution >= 4 is 75.1 Å². The van der Waals surface area contributed by atoms with Gasteiger partial charge in [0.1, 0.15) is 5.82 Å². The molecule has 0 saturated carbocycles. The zero-order chi connectivity index (χ0) is 24.9. The first kappa shape index (κ1) is 24.8. The van der Waals surface area contributed by atoms with Crippen LogP contribution in [0.25, 0.3) is 11.0 Å². The van der Waals surface area contributed by atoms with Crippen molar-refractivity contribution in [3.63, 3.8) is 0 Å². The van der Waals surface area contributed by atoms with Crippen LogP contribution in [-0.2, 0) is 11.3 Å². The standard InChI is InChI=1S/C24H21Cl3N6O2/c1-14(34)28-9-3-11-33-20-7-6-15(23(35)31-21-13-16(25)8-10-29-21)12-19(20)30-24(33)32-22-17(26)4-2-5-18(22)27/h2,4-8,10,12-13H,3,9,11H2,1H3,(H,28,34)(H,30,32)(H,29,31,35). The Morgan fingerprint density at radius 2 is 1.80 bits per heavy atom. The number of hydrogen-bond donors (Lipinski definition) is 3. The van der Waals surface area contributed by atoms with Gasteiger partial charge in [-0.05, 0) is 48.9 Å². The van der Waals surface area contributed by atoms with Gasteiger partial charge in [0, 0.05) is 36.8 Å². The number of para-hydroxylation sites is 1. The lowest BCUT2D eigenvalue weighted by Gasteiger charge is -2.13. The smallest absolute Gasteiger partial charge is 0.256 e. The number of anilines is 3. The van der Waals surface area contributed by atoms with Gasteiger partial charge in [0.15, 0.2) is 0 Å². The van der Waals surface area contributed by atoms with Crippen LogP contribution in [0, 0.1) is 0 Å². The zero-order valence-corrected chi connectivity index (χ0v) is 20.9. The van der Waals surface area contributed by atoms with Crippen molar-refractivity contribution in [1.82, 2.24) is 19.9 Å². The number of halogens is 3. The lowest BCUT2D eigenvalue weighted by molar-refractivity contribution is -0.118. The van der Waals surface area contributed by atoms with E-state index in [0.29, 0.717) is 63.1 Å². The first-order valence-corrected chi connectivity index (χ1v) is 11.8. The average Bonchev–Trinajstić information content (AvgIpc) is 3.15. The van der Waals surface area contributed by atoms with Crippen LogP contribution in [0.2, 0.25) is 15.1 Å². The summed E-state index contributed by atoms with van der Waals surface area (Å²) in [5.41, 5.74) is 2.33. The molecule has 2 heterocycles. The Kier molecular flexibility index (Phi) is 7.75. The molecule has 0 aliphatic heterocycles. The number of carbonyl (C=O) groups excluding carboxylic acids is 2. The molecule has 4 rings (SSSR count). The van der Waals surface area contributed by atoms with Gasteiger partial charge in [0.2, 0.25) is 11.9 Å². The number of aromatic nitrogens is 3. The monoisotopic (exact) mass is 530 g/mol. The minimum Gasteiger partial charge on any atom is -0.356 e. The molecular weight excluding hydrogens is 511 g/mol. The second kappa shape index (κ2) is 10.9. The molecule has 2 amide bonds. The molecule has 0 saturated heterocycles. The van der Waals surface area contributed by atoms with Crippen LogP contribution in [-0.4, -0.2) is 32.9 Å². The Hall–Kier alpha value is -3.33. The first-order chi connectivity index (χ1) is 16.8. The second-order valence-corrected chi connectivity index (χ2v) is 8.91. The van der Waals surface area contributed by atoms with Crippen molar-refractivity contribution in [3.8, 4) is 0 Å². The Morgan fingerprint density at radius 1 is 1.03 bits per heavy atom. The molecule has 180 valence electrons. The third-order valence-corrected chi connectivity index (χ3v) is 5.97. The molecule has 0 fully saturated rings. The largest absolute Gasteiger partial charge is 0.356 e. The van der Waals surface area contributed by atoms with Crippen molar-refractivity contribution < 1.29 is 9.59 Å². The molecule has 0 aliphatic rings. The number of hydrogen-bond acceptors (Lipinski definition) is 5. The highest BCUT2D eigenvalue weighted by Crippen LogP contribution is 2.33. The van der Waals surface area contributed by atoms with Crippen LogP contribution in [0.15, 0.2) is 54.7 Å². The minimum absolute atomic E-state index is 0.0912. The molecule has 3 N–H and O–H groups in total. The normalized spacial score (nSPS) is 10.9. The van der Waals surface area contributed by atoms with Gasteiger partial charge in [0.05, 0.1) is 26.8 Å². The van der Waals surface area contributed by atoms with Gasteiger partial charge >= 0.3 is 0 Å². The van der Waals surface area contributed by atoms with Crippen molar-refractivity contribution in [2.45, 2.75) is 19.9 Å². The molecule has 11 heteroatoms. The molecule has 2 aromatic heterocycles. The summed E-state index contributed by atoms with van der Waals surface area (Å²) in [5, 5.41) is 10.1. The fraction of sp³-hybridized carbons (Fsp3) is 0.167. The van der Waals surface area contributed by atoms with E-state index in [1.165, 1.54) is 13.1 Å². The minimum atomic E-state index is -0.342. The highest BCUT2D eigenvalue weighted by Gasteiger charge is 2.16. The summed E-state index contributed by atoms with van der Waals surface area (Å²) >= 11 is 18.7. The van der Waals surface area contributed by atoms with Gasteiger partial charge < -0.3 is 20.5 Å². The summed E-state index contributed by atoms with van der Waals surface area (Å²) in [6.45, 7) is 2.54. The molecule has 0 unspecified atom stereocenters. The fourth-order valence-electron chi connectivity index (χ4n) is 3.49. The third kappa shape index (κ3) is 6.03. The van der Waals surface area contributed by atoms with Crippen LogP contribution < -0.4 is 16.0 Å². The number of amides is 2. The van der Waals surface area contributed by atoms with Crippen LogP contribution in [0.4, 0.5) is 17.5 Å². The molecule has 0 spiro atoms. The highest BCUT2D eigenvalue weighted by molar-refractivity contribution is 6.39. The van der Waals surface area contributed by atoms with Crippen LogP contribution in [0.5, 0.6) is 0 Å². The van der Waals surface area contributed by atoms with E-state index >= 15 is 0 Å². The summed E-state index contributed by atoms with van der Waals surface area (Å²) < 4.78 is 1.96. The van der Waals surface area contributed by atoms with Gasteiger partial charge in [-0.3, -0.25) is 9.59 Å². The Morgan fingerprint density at radius 3 is 2.51 bits per heavy atom. The van der Waals surface area contributed by atoms with Crippen molar-refractivity contribution in [2.24, 2.45) is 0 Å². The molecule has 0 atom stereocenters. The van der Waals surface area contributed by atoms with Crippen molar-refractivity contribution in [1.29, 1.82) is 0 Å². The molecule has 0 aliphatic carbocycles. The molecule has 35 heavy (non-hydrogen) atoms. The SMILES string of the molecule is CC(=O)NCCCn1c(Nc2c(Cl)cccc2Cl)nc2cc(C(=O)Nc3cc(Cl)ccn3)ccc21. The number of nitrogens with zero attached hydrogens (tertiary/aromatic N) is 3. The summed E-state index contributed by atoms with van der Waals surface area (Å²) in [6, 6.07) is 13.6. The van der Waals surface area contributed by atoms with E-state index in [4.69, 9.17) is 39.8 Å². The molecule has 0 radical (unpaired) electrons. The highest BCUT2D eigenvalue weighted by atomic mass is 35.5. The van der Waals surface area contributed by atoms with Crippen molar-refractivity contribution in [2.75, 3.05) is 17.2 Å². The summed E-state index contributed by atoms with van der Waals surface area (Å²) in [4.78, 5) is 32.8. The maximum atomic E-state index is 12.8. The molecule has 8 nitrogen and oxygen atoms in total. The van der Waals surface area contributed by atoms with E-state index in [1.807, 2.05) is 10.6 Å². The third-order valence-electron chi connectivity index (χ3n) is 5.11. The van der Waals surface area contributed by atoms with Gasteiger partial charge in [0.25, 0.3) is 5.91 Å². The quantitative estimate of drug-likeness (QED) is 0.245. The van der Waals surface area contributed by atoms with E-state index in [2.05, 4.69) is 20.9 Å². The van der Waals surface area contributed by atoms with Crippen LogP contribution >= 0.6 is 34.8 Å². The summed E-state index contributed by atoms with van der Waals surface area (Å²) in [7, 11) is 0. The molecular formula is C24H21Cl3N6O2. The van der Waals surface area contributed by atoms with E-state index in [9.17, 15) is 9.59 Å². The summed E-state index contributed by atoms with van der Waals surface area (Å²) in [5.74, 6) is 0.422. The van der Waals surface area contributed by atoms with Gasteiger partial charge in [-0.25, -0.2) is 9.97 Å². The number of benzene rings is 2. The van der Waals surface area contributed by atoms with E-state index < -0.39 is 0 Å². The van der Waals surface area contributed by atoms with E-state index in [-0.39, 0.29) is 11.8 Å². The van der Waals surface area contributed by atoms with E-state index in [0.717, 1.165) is 5.52 Å². The second-order valence-electron chi connectivity index (χ2n) is 7.66. The van der Waals surface area contributed by atoms with Gasteiger partial charge in [-0.2, -0.15) is 0 Å². The zero-order valence-electron chi connectivity index (χ0n) is 18.6. The van der Waals surface area contributed by atoms with E-state index in [1.54, 1.807) is 42.5 Å². The fourth-order valence-corrected chi connectivity index (χ4v) is 4.14. The number of fused-ring (bicyclic) bond motifs is 1. The number of rotatable bonds is 8. The first-order valence-electron chi connectivity index (χ1n) is 10.7. The van der Waals surface area contributed by atoms with Crippen LogP contribution in [0.1, 0.15) is 23.7 Å². The van der Waals surface area contributed by atoms with Gasteiger partial charge in [-0.1, -0.05) is 40.9 Å². The summed E-state index contributed by atoms with van der Waals surface area (Å²) in [6.07, 6.45) is 2.18. The molecule has 4 aromatic rings. The number of imidazole rings is 1. The number of aryl methyl sites for hydroxylation is 1. The number of pyridine rings is 1. The lowest BCUT2D eigenvalue weighted by atomic mass is 10.2.